The molecule has 1 N–H and O–H groups in total. The molecule has 0 unspecified atom stereocenters. The summed E-state index contributed by atoms with van der Waals surface area (Å²) in [6.45, 7) is 4.01. The Balaban J connectivity index is 2.11. The average Bonchev–Trinajstić information content (AvgIpc) is 2.86. The van der Waals surface area contributed by atoms with Crippen LogP contribution in [0.5, 0.6) is 0 Å². The third kappa shape index (κ3) is 3.22. The maximum Gasteiger partial charge on any atom is 0.327 e. The molecule has 2 rings (SSSR count). The number of thioether (sulfide) groups is 1. The van der Waals surface area contributed by atoms with E-state index in [0.29, 0.717) is 11.6 Å². The third-order valence-electron chi connectivity index (χ3n) is 3.28. The molecule has 0 saturated carbocycles. The number of carbonyl (C=O) groups excluding carboxylic acids is 1. The summed E-state index contributed by atoms with van der Waals surface area (Å²) in [5.74, 6) is -0.295. The lowest BCUT2D eigenvalue weighted by Gasteiger charge is -2.18. The van der Waals surface area contributed by atoms with Gasteiger partial charge >= 0.3 is 5.97 Å². The Morgan fingerprint density at radius 1 is 1.40 bits per heavy atom. The van der Waals surface area contributed by atoms with Crippen LogP contribution in [-0.4, -0.2) is 39.6 Å². The van der Waals surface area contributed by atoms with Gasteiger partial charge in [0.2, 0.25) is 5.91 Å². The van der Waals surface area contributed by atoms with Crippen LogP contribution in [0.4, 0.5) is 0 Å². The second-order valence-electron chi connectivity index (χ2n) is 4.86. The summed E-state index contributed by atoms with van der Waals surface area (Å²) in [6.07, 6.45) is 3.21. The molecule has 0 aliphatic carbocycles. The number of amides is 1. The molecule has 20 heavy (non-hydrogen) atoms. The Morgan fingerprint density at radius 3 is 2.80 bits per heavy atom. The zero-order valence-corrected chi connectivity index (χ0v) is 12.3. The van der Waals surface area contributed by atoms with Crippen LogP contribution in [0.2, 0.25) is 0 Å². The van der Waals surface area contributed by atoms with Gasteiger partial charge in [-0.3, -0.25) is 4.79 Å². The lowest BCUT2D eigenvalue weighted by molar-refractivity contribution is -0.146. The van der Waals surface area contributed by atoms with Crippen molar-refractivity contribution in [1.82, 2.24) is 4.90 Å². The highest BCUT2D eigenvalue weighted by atomic mass is 32.2. The molecule has 0 bridgehead atoms. The van der Waals surface area contributed by atoms with Crippen LogP contribution in [0, 0.1) is 13.8 Å². The summed E-state index contributed by atoms with van der Waals surface area (Å²) in [6, 6.07) is 5.29. The molecule has 0 aromatic heterocycles. The summed E-state index contributed by atoms with van der Waals surface area (Å²) in [7, 11) is 0. The SMILES string of the molecule is Cc1ccc(/C=C/C(=O)N2CSC[C@H]2C(=O)O)c(C)c1. The van der Waals surface area contributed by atoms with Gasteiger partial charge < -0.3 is 10.0 Å². The zero-order valence-electron chi connectivity index (χ0n) is 11.5. The van der Waals surface area contributed by atoms with Crippen molar-refractivity contribution in [3.8, 4) is 0 Å². The number of carbonyl (C=O) groups is 2. The number of aliphatic carboxylic acids is 1. The molecule has 1 aliphatic heterocycles. The van der Waals surface area contributed by atoms with Crippen LogP contribution in [0.3, 0.4) is 0 Å². The highest BCUT2D eigenvalue weighted by Gasteiger charge is 2.33. The molecule has 1 atom stereocenters. The first-order valence-electron chi connectivity index (χ1n) is 6.35. The molecule has 1 amide bonds. The average molecular weight is 291 g/mol. The fraction of sp³-hybridized carbons (Fsp3) is 0.333. The molecular formula is C15H17NO3S. The summed E-state index contributed by atoms with van der Waals surface area (Å²) in [5.41, 5.74) is 3.25. The van der Waals surface area contributed by atoms with E-state index >= 15 is 0 Å². The van der Waals surface area contributed by atoms with Crippen molar-refractivity contribution in [2.75, 3.05) is 11.6 Å². The Hall–Kier alpha value is -1.75. The van der Waals surface area contributed by atoms with E-state index in [2.05, 4.69) is 6.07 Å². The van der Waals surface area contributed by atoms with E-state index in [0.717, 1.165) is 11.1 Å². The van der Waals surface area contributed by atoms with Crippen molar-refractivity contribution < 1.29 is 14.7 Å². The van der Waals surface area contributed by atoms with Crippen molar-refractivity contribution in [2.24, 2.45) is 0 Å². The fourth-order valence-corrected chi connectivity index (χ4v) is 3.29. The van der Waals surface area contributed by atoms with Crippen molar-refractivity contribution in [3.05, 3.63) is 41.0 Å². The van der Waals surface area contributed by atoms with E-state index in [9.17, 15) is 9.59 Å². The normalized spacial score (nSPS) is 18.7. The largest absolute Gasteiger partial charge is 0.480 e. The van der Waals surface area contributed by atoms with E-state index in [4.69, 9.17) is 5.11 Å². The third-order valence-corrected chi connectivity index (χ3v) is 4.29. The number of benzene rings is 1. The van der Waals surface area contributed by atoms with Gasteiger partial charge in [-0.25, -0.2) is 4.79 Å². The highest BCUT2D eigenvalue weighted by Crippen LogP contribution is 2.21. The maximum atomic E-state index is 12.1. The van der Waals surface area contributed by atoms with Crippen molar-refractivity contribution in [2.45, 2.75) is 19.9 Å². The first-order chi connectivity index (χ1) is 9.49. The first-order valence-corrected chi connectivity index (χ1v) is 7.51. The molecule has 4 nitrogen and oxygen atoms in total. The van der Waals surface area contributed by atoms with Gasteiger partial charge in [-0.05, 0) is 31.1 Å². The smallest absolute Gasteiger partial charge is 0.327 e. The standard InChI is InChI=1S/C15H17NO3S/c1-10-3-4-12(11(2)7-10)5-6-14(17)16-9-20-8-13(16)15(18)19/h3-7,13H,8-9H2,1-2H3,(H,18,19)/b6-5+/t13-/m0/s1. The fourth-order valence-electron chi connectivity index (χ4n) is 2.13. The topological polar surface area (TPSA) is 57.6 Å². The van der Waals surface area contributed by atoms with Gasteiger partial charge in [0.15, 0.2) is 0 Å². The van der Waals surface area contributed by atoms with Gasteiger partial charge in [-0.2, -0.15) is 0 Å². The monoisotopic (exact) mass is 291 g/mol. The van der Waals surface area contributed by atoms with Crippen molar-refractivity contribution in [1.29, 1.82) is 0 Å². The zero-order chi connectivity index (χ0) is 14.7. The van der Waals surface area contributed by atoms with Crippen LogP contribution in [-0.2, 0) is 9.59 Å². The minimum Gasteiger partial charge on any atom is -0.480 e. The number of hydrogen-bond acceptors (Lipinski definition) is 3. The summed E-state index contributed by atoms with van der Waals surface area (Å²) < 4.78 is 0. The van der Waals surface area contributed by atoms with E-state index in [-0.39, 0.29) is 5.91 Å². The number of carboxylic acids is 1. The molecule has 0 spiro atoms. The molecule has 1 saturated heterocycles. The van der Waals surface area contributed by atoms with Crippen LogP contribution in [0.15, 0.2) is 24.3 Å². The number of rotatable bonds is 3. The molecule has 1 aliphatic rings. The van der Waals surface area contributed by atoms with Crippen LogP contribution in [0.1, 0.15) is 16.7 Å². The highest BCUT2D eigenvalue weighted by molar-refractivity contribution is 7.99. The molecule has 1 aromatic rings. The van der Waals surface area contributed by atoms with E-state index in [1.54, 1.807) is 6.08 Å². The predicted molar refractivity (Wildman–Crippen MR) is 80.5 cm³/mol. The molecule has 0 radical (unpaired) electrons. The number of hydrogen-bond donors (Lipinski definition) is 1. The van der Waals surface area contributed by atoms with Gasteiger partial charge in [-0.1, -0.05) is 23.8 Å². The minimum atomic E-state index is -0.941. The van der Waals surface area contributed by atoms with Gasteiger partial charge in [0.25, 0.3) is 0 Å². The quantitative estimate of drug-likeness (QED) is 0.868. The lowest BCUT2D eigenvalue weighted by Crippen LogP contribution is -2.40. The summed E-state index contributed by atoms with van der Waals surface area (Å²) >= 11 is 1.46. The second-order valence-corrected chi connectivity index (χ2v) is 5.86. The van der Waals surface area contributed by atoms with Crippen LogP contribution in [0.25, 0.3) is 6.08 Å². The lowest BCUT2D eigenvalue weighted by atomic mass is 10.1. The van der Waals surface area contributed by atoms with Crippen LogP contribution >= 0.6 is 11.8 Å². The van der Waals surface area contributed by atoms with Crippen molar-refractivity contribution >= 4 is 29.7 Å². The summed E-state index contributed by atoms with van der Waals surface area (Å²) in [4.78, 5) is 24.5. The minimum absolute atomic E-state index is 0.248. The Kier molecular flexibility index (Phi) is 4.49. The summed E-state index contributed by atoms with van der Waals surface area (Å²) in [5, 5.41) is 9.06. The van der Waals surface area contributed by atoms with Gasteiger partial charge in [0.1, 0.15) is 6.04 Å². The van der Waals surface area contributed by atoms with E-state index in [1.165, 1.54) is 28.3 Å². The number of aryl methyl sites for hydroxylation is 2. The van der Waals surface area contributed by atoms with Gasteiger partial charge in [-0.15, -0.1) is 11.8 Å². The molecule has 106 valence electrons. The first kappa shape index (κ1) is 14.7. The second kappa shape index (κ2) is 6.13. The molecule has 5 heteroatoms. The number of carboxylic acid groups (broad SMARTS) is 1. The number of nitrogens with zero attached hydrogens (tertiary/aromatic N) is 1. The van der Waals surface area contributed by atoms with E-state index < -0.39 is 12.0 Å². The van der Waals surface area contributed by atoms with Crippen LogP contribution < -0.4 is 0 Å². The van der Waals surface area contributed by atoms with E-state index in [1.807, 2.05) is 26.0 Å². The van der Waals surface area contributed by atoms with Gasteiger partial charge in [0.05, 0.1) is 5.88 Å². The molecular weight excluding hydrogens is 274 g/mol. The van der Waals surface area contributed by atoms with Crippen molar-refractivity contribution in [3.63, 3.8) is 0 Å². The molecule has 1 heterocycles. The molecule has 1 aromatic carbocycles. The molecule has 1 fully saturated rings. The Morgan fingerprint density at radius 2 is 2.15 bits per heavy atom. The maximum absolute atomic E-state index is 12.1. The van der Waals surface area contributed by atoms with Gasteiger partial charge in [0, 0.05) is 11.8 Å². The Bertz CT molecular complexity index is 568. The predicted octanol–water partition coefficient (Wildman–Crippen LogP) is 2.30. The Labute approximate surface area is 122 Å².